The number of aromatic nitrogens is 4. The summed E-state index contributed by atoms with van der Waals surface area (Å²) in [5, 5.41) is 13.1. The van der Waals surface area contributed by atoms with Crippen molar-refractivity contribution in [1.29, 1.82) is 0 Å². The molecule has 0 radical (unpaired) electrons. The van der Waals surface area contributed by atoms with Crippen molar-refractivity contribution in [3.05, 3.63) is 59.7 Å². The summed E-state index contributed by atoms with van der Waals surface area (Å²) in [6.07, 6.45) is 3.52. The molecule has 0 aliphatic rings. The number of nitrogens with one attached hydrogen (secondary N) is 3. The predicted molar refractivity (Wildman–Crippen MR) is 105 cm³/mol. The maximum atomic E-state index is 12.1. The Kier molecular flexibility index (Phi) is 5.65. The Morgan fingerprint density at radius 3 is 2.74 bits per heavy atom. The molecule has 0 bridgehead atoms. The molecule has 27 heavy (non-hydrogen) atoms. The van der Waals surface area contributed by atoms with Gasteiger partial charge in [-0.25, -0.2) is 19.4 Å². The number of amides is 2. The second-order valence-electron chi connectivity index (χ2n) is 6.16. The minimum absolute atomic E-state index is 0.235. The van der Waals surface area contributed by atoms with Gasteiger partial charge in [0.1, 0.15) is 11.6 Å². The maximum absolute atomic E-state index is 12.1. The molecule has 3 rings (SSSR count). The Morgan fingerprint density at radius 2 is 1.96 bits per heavy atom. The van der Waals surface area contributed by atoms with Crippen LogP contribution >= 0.6 is 0 Å². The summed E-state index contributed by atoms with van der Waals surface area (Å²) in [4.78, 5) is 20.8. The third-order valence-electron chi connectivity index (χ3n) is 4.13. The molecule has 140 valence electrons. The SMILES string of the molecule is Cc1nc(NCCNC(=O)Nc2cccc(C)c2C)cc(-n2cccn2)n1. The molecule has 0 aliphatic heterocycles. The Hall–Kier alpha value is -3.42. The number of urea groups is 1. The number of carbonyl (C=O) groups excluding carboxylic acids is 1. The Morgan fingerprint density at radius 1 is 1.11 bits per heavy atom. The monoisotopic (exact) mass is 365 g/mol. The van der Waals surface area contributed by atoms with E-state index in [2.05, 4.69) is 31.0 Å². The number of carbonyl (C=O) groups is 1. The second-order valence-corrected chi connectivity index (χ2v) is 6.16. The number of nitrogens with zero attached hydrogens (tertiary/aromatic N) is 4. The first-order valence-electron chi connectivity index (χ1n) is 8.73. The lowest BCUT2D eigenvalue weighted by molar-refractivity contribution is 0.252. The summed E-state index contributed by atoms with van der Waals surface area (Å²) in [7, 11) is 0. The summed E-state index contributed by atoms with van der Waals surface area (Å²) in [6, 6.07) is 9.25. The molecule has 0 atom stereocenters. The van der Waals surface area contributed by atoms with Crippen molar-refractivity contribution in [2.45, 2.75) is 20.8 Å². The first kappa shape index (κ1) is 18.4. The number of hydrogen-bond acceptors (Lipinski definition) is 5. The van der Waals surface area contributed by atoms with Gasteiger partial charge in [-0.2, -0.15) is 5.10 Å². The van der Waals surface area contributed by atoms with E-state index in [-0.39, 0.29) is 6.03 Å². The van der Waals surface area contributed by atoms with Crippen molar-refractivity contribution >= 4 is 17.5 Å². The van der Waals surface area contributed by atoms with Crippen LogP contribution in [0.2, 0.25) is 0 Å². The summed E-state index contributed by atoms with van der Waals surface area (Å²) in [5.41, 5.74) is 3.02. The lowest BCUT2D eigenvalue weighted by atomic mass is 10.1. The van der Waals surface area contributed by atoms with Crippen molar-refractivity contribution in [2.24, 2.45) is 0 Å². The van der Waals surface area contributed by atoms with Gasteiger partial charge in [-0.3, -0.25) is 0 Å². The van der Waals surface area contributed by atoms with Gasteiger partial charge in [-0.05, 0) is 44.0 Å². The molecule has 1 aromatic carbocycles. The molecule has 2 heterocycles. The fraction of sp³-hybridized carbons (Fsp3) is 0.263. The Balaban J connectivity index is 1.50. The van der Waals surface area contributed by atoms with E-state index in [0.717, 1.165) is 16.8 Å². The lowest BCUT2D eigenvalue weighted by Crippen LogP contribution is -2.33. The zero-order chi connectivity index (χ0) is 19.2. The predicted octanol–water partition coefficient (Wildman–Crippen LogP) is 2.82. The molecule has 3 N–H and O–H groups in total. The topological polar surface area (TPSA) is 96.8 Å². The second kappa shape index (κ2) is 8.31. The van der Waals surface area contributed by atoms with Gasteiger partial charge in [-0.1, -0.05) is 12.1 Å². The van der Waals surface area contributed by atoms with Crippen LogP contribution in [0.5, 0.6) is 0 Å². The average Bonchev–Trinajstić information content (AvgIpc) is 3.17. The van der Waals surface area contributed by atoms with Gasteiger partial charge in [-0.15, -0.1) is 0 Å². The van der Waals surface area contributed by atoms with Crippen LogP contribution in [0.1, 0.15) is 17.0 Å². The molecular weight excluding hydrogens is 342 g/mol. The van der Waals surface area contributed by atoms with Gasteiger partial charge in [0, 0.05) is 37.2 Å². The molecular formula is C19H23N7O. The van der Waals surface area contributed by atoms with E-state index >= 15 is 0 Å². The minimum atomic E-state index is -0.235. The van der Waals surface area contributed by atoms with Crippen LogP contribution in [0, 0.1) is 20.8 Å². The van der Waals surface area contributed by atoms with Crippen LogP contribution in [0.25, 0.3) is 5.82 Å². The number of anilines is 2. The van der Waals surface area contributed by atoms with E-state index in [1.165, 1.54) is 0 Å². The number of benzene rings is 1. The quantitative estimate of drug-likeness (QED) is 0.584. The highest BCUT2D eigenvalue weighted by Crippen LogP contribution is 2.17. The van der Waals surface area contributed by atoms with Gasteiger partial charge < -0.3 is 16.0 Å². The molecule has 0 saturated heterocycles. The Labute approximate surface area is 158 Å². The van der Waals surface area contributed by atoms with Crippen LogP contribution in [-0.4, -0.2) is 38.9 Å². The van der Waals surface area contributed by atoms with Crippen molar-refractivity contribution in [2.75, 3.05) is 23.7 Å². The van der Waals surface area contributed by atoms with E-state index in [1.807, 2.05) is 57.3 Å². The van der Waals surface area contributed by atoms with Crippen molar-refractivity contribution in [1.82, 2.24) is 25.1 Å². The fourth-order valence-corrected chi connectivity index (χ4v) is 2.58. The number of rotatable bonds is 6. The highest BCUT2D eigenvalue weighted by Gasteiger charge is 2.06. The first-order valence-corrected chi connectivity index (χ1v) is 8.73. The zero-order valence-corrected chi connectivity index (χ0v) is 15.7. The third kappa shape index (κ3) is 4.81. The number of aryl methyl sites for hydroxylation is 2. The molecule has 0 saturated carbocycles. The smallest absolute Gasteiger partial charge is 0.319 e. The van der Waals surface area contributed by atoms with Gasteiger partial charge in [0.25, 0.3) is 0 Å². The minimum Gasteiger partial charge on any atom is -0.368 e. The molecule has 2 amide bonds. The van der Waals surface area contributed by atoms with Crippen LogP contribution in [0.3, 0.4) is 0 Å². The van der Waals surface area contributed by atoms with E-state index < -0.39 is 0 Å². The van der Waals surface area contributed by atoms with Gasteiger partial charge >= 0.3 is 6.03 Å². The summed E-state index contributed by atoms with van der Waals surface area (Å²) in [6.45, 7) is 6.82. The molecule has 8 nitrogen and oxygen atoms in total. The zero-order valence-electron chi connectivity index (χ0n) is 15.7. The normalized spacial score (nSPS) is 10.5. The third-order valence-corrected chi connectivity index (χ3v) is 4.13. The molecule has 0 spiro atoms. The van der Waals surface area contributed by atoms with Crippen molar-refractivity contribution in [3.63, 3.8) is 0 Å². The van der Waals surface area contributed by atoms with Crippen LogP contribution < -0.4 is 16.0 Å². The van der Waals surface area contributed by atoms with E-state index in [1.54, 1.807) is 10.9 Å². The lowest BCUT2D eigenvalue weighted by Gasteiger charge is -2.12. The van der Waals surface area contributed by atoms with Gasteiger partial charge in [0.05, 0.1) is 0 Å². The summed E-state index contributed by atoms with van der Waals surface area (Å²) in [5.74, 6) is 2.02. The van der Waals surface area contributed by atoms with Crippen LogP contribution in [0.4, 0.5) is 16.3 Å². The van der Waals surface area contributed by atoms with E-state index in [4.69, 9.17) is 0 Å². The fourth-order valence-electron chi connectivity index (χ4n) is 2.58. The van der Waals surface area contributed by atoms with E-state index in [0.29, 0.717) is 30.5 Å². The first-order chi connectivity index (χ1) is 13.0. The molecule has 8 heteroatoms. The molecule has 0 fully saturated rings. The van der Waals surface area contributed by atoms with Crippen molar-refractivity contribution < 1.29 is 4.79 Å². The molecule has 3 aromatic rings. The van der Waals surface area contributed by atoms with Crippen LogP contribution in [-0.2, 0) is 0 Å². The maximum Gasteiger partial charge on any atom is 0.319 e. The standard InChI is InChI=1S/C19H23N7O/c1-13-6-4-7-16(14(13)2)25-19(27)21-10-9-20-17-12-18(24-15(3)23-17)26-11-5-8-22-26/h4-8,11-12H,9-10H2,1-3H3,(H,20,23,24)(H2,21,25,27). The van der Waals surface area contributed by atoms with Crippen LogP contribution in [0.15, 0.2) is 42.7 Å². The van der Waals surface area contributed by atoms with E-state index in [9.17, 15) is 4.79 Å². The number of hydrogen-bond donors (Lipinski definition) is 3. The largest absolute Gasteiger partial charge is 0.368 e. The molecule has 0 aliphatic carbocycles. The Bertz CT molecular complexity index is 922. The highest BCUT2D eigenvalue weighted by molar-refractivity contribution is 5.90. The molecule has 0 unspecified atom stereocenters. The van der Waals surface area contributed by atoms with Gasteiger partial charge in [0.15, 0.2) is 5.82 Å². The summed E-state index contributed by atoms with van der Waals surface area (Å²) >= 11 is 0. The highest BCUT2D eigenvalue weighted by atomic mass is 16.2. The van der Waals surface area contributed by atoms with Gasteiger partial charge in [0.2, 0.25) is 0 Å². The molecule has 2 aromatic heterocycles. The average molecular weight is 365 g/mol. The summed E-state index contributed by atoms with van der Waals surface area (Å²) < 4.78 is 1.68. The van der Waals surface area contributed by atoms with Crippen molar-refractivity contribution in [3.8, 4) is 5.82 Å².